The highest BCUT2D eigenvalue weighted by Gasteiger charge is 2.42. The van der Waals surface area contributed by atoms with E-state index in [0.29, 0.717) is 6.42 Å². The van der Waals surface area contributed by atoms with Gasteiger partial charge in [0.2, 0.25) is 5.91 Å². The van der Waals surface area contributed by atoms with E-state index in [-0.39, 0.29) is 23.8 Å². The van der Waals surface area contributed by atoms with E-state index in [9.17, 15) is 9.59 Å². The Balaban J connectivity index is 1.57. The first-order valence-electron chi connectivity index (χ1n) is 10.3. The number of likely N-dealkylation sites (N-methyl/N-ethyl adjacent to an activating group) is 1. The maximum atomic E-state index is 12.8. The monoisotopic (exact) mass is 387 g/mol. The van der Waals surface area contributed by atoms with Gasteiger partial charge in [0.15, 0.2) is 6.61 Å². The molecule has 0 aliphatic carbocycles. The number of nitrogens with zero attached hydrogens (tertiary/aromatic N) is 3. The predicted octanol–water partition coefficient (Wildman–Crippen LogP) is 2.17. The normalized spacial score (nSPS) is 22.8. The van der Waals surface area contributed by atoms with Crippen molar-refractivity contribution in [3.63, 3.8) is 0 Å². The second kappa shape index (κ2) is 8.95. The van der Waals surface area contributed by atoms with E-state index >= 15 is 0 Å². The van der Waals surface area contributed by atoms with E-state index in [1.807, 2.05) is 55.1 Å². The Morgan fingerprint density at radius 3 is 2.82 bits per heavy atom. The summed E-state index contributed by atoms with van der Waals surface area (Å²) in [6.45, 7) is 5.99. The zero-order chi connectivity index (χ0) is 20.1. The van der Waals surface area contributed by atoms with Gasteiger partial charge in [0.05, 0.1) is 0 Å². The third kappa shape index (κ3) is 5.25. The van der Waals surface area contributed by atoms with E-state index in [0.717, 1.165) is 63.3 Å². The van der Waals surface area contributed by atoms with Crippen molar-refractivity contribution in [2.24, 2.45) is 5.41 Å². The Hall–Kier alpha value is -2.08. The molecule has 0 unspecified atom stereocenters. The summed E-state index contributed by atoms with van der Waals surface area (Å²) in [5.41, 5.74) is 1.16. The fourth-order valence-corrected chi connectivity index (χ4v) is 4.32. The molecule has 6 nitrogen and oxygen atoms in total. The lowest BCUT2D eigenvalue weighted by Crippen LogP contribution is -2.56. The summed E-state index contributed by atoms with van der Waals surface area (Å²) in [6.07, 6.45) is 3.55. The molecule has 2 amide bonds. The summed E-state index contributed by atoms with van der Waals surface area (Å²) in [5.74, 6) is 1.02. The van der Waals surface area contributed by atoms with Crippen LogP contribution in [0.3, 0.4) is 0 Å². The highest BCUT2D eigenvalue weighted by molar-refractivity contribution is 5.79. The minimum absolute atomic E-state index is 0.0392. The quantitative estimate of drug-likeness (QED) is 0.751. The van der Waals surface area contributed by atoms with Gasteiger partial charge in [-0.3, -0.25) is 9.59 Å². The van der Waals surface area contributed by atoms with Crippen LogP contribution < -0.4 is 4.74 Å². The van der Waals surface area contributed by atoms with Gasteiger partial charge >= 0.3 is 0 Å². The smallest absolute Gasteiger partial charge is 0.260 e. The van der Waals surface area contributed by atoms with Gasteiger partial charge in [0.1, 0.15) is 5.75 Å². The van der Waals surface area contributed by atoms with Gasteiger partial charge < -0.3 is 19.4 Å². The van der Waals surface area contributed by atoms with E-state index in [2.05, 4.69) is 4.90 Å². The Kier molecular flexibility index (Phi) is 6.60. The standard InChI is InChI=1S/C22H33N3O3/c1-18-6-4-7-19(14-18)28-15-21(27)24-11-5-9-22(16-24)10-8-20(26)25(17-22)13-12-23(2)3/h4,6-7,14H,5,8-13,15-17H2,1-3H3/t22-/m1/s1. The van der Waals surface area contributed by atoms with Crippen LogP contribution in [0.25, 0.3) is 0 Å². The van der Waals surface area contributed by atoms with Crippen LogP contribution in [0.2, 0.25) is 0 Å². The molecule has 0 N–H and O–H groups in total. The molecule has 2 heterocycles. The molecule has 6 heteroatoms. The molecule has 2 fully saturated rings. The maximum absolute atomic E-state index is 12.8. The molecule has 2 saturated heterocycles. The second-order valence-electron chi connectivity index (χ2n) is 8.64. The van der Waals surface area contributed by atoms with Crippen LogP contribution in [0.1, 0.15) is 31.2 Å². The summed E-state index contributed by atoms with van der Waals surface area (Å²) >= 11 is 0. The lowest BCUT2D eigenvalue weighted by atomic mass is 9.73. The van der Waals surface area contributed by atoms with Gasteiger partial charge in [0.25, 0.3) is 5.91 Å². The van der Waals surface area contributed by atoms with Crippen LogP contribution in [-0.2, 0) is 9.59 Å². The number of likely N-dealkylation sites (tertiary alicyclic amines) is 2. The lowest BCUT2D eigenvalue weighted by molar-refractivity contribution is -0.144. The van der Waals surface area contributed by atoms with Crippen molar-refractivity contribution < 1.29 is 14.3 Å². The number of piperidine rings is 2. The van der Waals surface area contributed by atoms with Crippen LogP contribution in [0.5, 0.6) is 5.75 Å². The molecule has 3 rings (SSSR count). The Morgan fingerprint density at radius 1 is 1.25 bits per heavy atom. The van der Waals surface area contributed by atoms with Crippen molar-refractivity contribution in [3.8, 4) is 5.75 Å². The van der Waals surface area contributed by atoms with Crippen molar-refractivity contribution in [2.75, 3.05) is 53.4 Å². The molecule has 28 heavy (non-hydrogen) atoms. The molecule has 0 aromatic heterocycles. The highest BCUT2D eigenvalue weighted by Crippen LogP contribution is 2.38. The molecular weight excluding hydrogens is 354 g/mol. The molecule has 0 bridgehead atoms. The number of rotatable bonds is 6. The molecule has 2 aliphatic rings. The van der Waals surface area contributed by atoms with Crippen LogP contribution >= 0.6 is 0 Å². The number of amides is 2. The topological polar surface area (TPSA) is 53.1 Å². The number of benzene rings is 1. The maximum Gasteiger partial charge on any atom is 0.260 e. The summed E-state index contributed by atoms with van der Waals surface area (Å²) < 4.78 is 5.72. The molecule has 0 radical (unpaired) electrons. The van der Waals surface area contributed by atoms with Crippen molar-refractivity contribution in [1.82, 2.24) is 14.7 Å². The Morgan fingerprint density at radius 2 is 2.07 bits per heavy atom. The largest absolute Gasteiger partial charge is 0.484 e. The first kappa shape index (κ1) is 20.6. The van der Waals surface area contributed by atoms with Gasteiger partial charge in [0, 0.05) is 44.6 Å². The molecule has 1 atom stereocenters. The summed E-state index contributed by atoms with van der Waals surface area (Å²) in [7, 11) is 4.05. The summed E-state index contributed by atoms with van der Waals surface area (Å²) in [4.78, 5) is 31.1. The van der Waals surface area contributed by atoms with E-state index in [1.165, 1.54) is 0 Å². The number of carbonyl (C=O) groups excluding carboxylic acids is 2. The number of hydrogen-bond donors (Lipinski definition) is 0. The van der Waals surface area contributed by atoms with Crippen LogP contribution in [0.15, 0.2) is 24.3 Å². The fraction of sp³-hybridized carbons (Fsp3) is 0.636. The van der Waals surface area contributed by atoms with Gasteiger partial charge in [-0.15, -0.1) is 0 Å². The van der Waals surface area contributed by atoms with Crippen LogP contribution in [0, 0.1) is 12.3 Å². The van der Waals surface area contributed by atoms with Gasteiger partial charge in [-0.2, -0.15) is 0 Å². The SMILES string of the molecule is Cc1cccc(OCC(=O)N2CCC[C@@]3(CCC(=O)N(CCN(C)C)C3)C2)c1. The molecule has 1 aromatic rings. The zero-order valence-electron chi connectivity index (χ0n) is 17.4. The van der Waals surface area contributed by atoms with Gasteiger partial charge in [-0.05, 0) is 58.0 Å². The molecule has 1 spiro atoms. The third-order valence-corrected chi connectivity index (χ3v) is 5.93. The van der Waals surface area contributed by atoms with E-state index in [1.54, 1.807) is 0 Å². The minimum atomic E-state index is 0.0392. The van der Waals surface area contributed by atoms with Crippen LogP contribution in [-0.4, -0.2) is 79.9 Å². The Labute approximate surface area is 168 Å². The molecule has 0 saturated carbocycles. The minimum Gasteiger partial charge on any atom is -0.484 e. The molecule has 154 valence electrons. The van der Waals surface area contributed by atoms with Crippen molar-refractivity contribution >= 4 is 11.8 Å². The second-order valence-corrected chi connectivity index (χ2v) is 8.64. The average Bonchev–Trinajstić information content (AvgIpc) is 2.67. The van der Waals surface area contributed by atoms with Crippen molar-refractivity contribution in [2.45, 2.75) is 32.6 Å². The molecular formula is C22H33N3O3. The van der Waals surface area contributed by atoms with Gasteiger partial charge in [-0.25, -0.2) is 0 Å². The van der Waals surface area contributed by atoms with Crippen molar-refractivity contribution in [3.05, 3.63) is 29.8 Å². The average molecular weight is 388 g/mol. The number of hydrogen-bond acceptors (Lipinski definition) is 4. The van der Waals surface area contributed by atoms with E-state index < -0.39 is 0 Å². The number of ether oxygens (including phenoxy) is 1. The van der Waals surface area contributed by atoms with Gasteiger partial charge in [-0.1, -0.05) is 12.1 Å². The fourth-order valence-electron chi connectivity index (χ4n) is 4.32. The zero-order valence-corrected chi connectivity index (χ0v) is 17.4. The van der Waals surface area contributed by atoms with Crippen LogP contribution in [0.4, 0.5) is 0 Å². The number of carbonyl (C=O) groups is 2. The summed E-state index contributed by atoms with van der Waals surface area (Å²) in [6, 6.07) is 7.77. The van der Waals surface area contributed by atoms with Crippen molar-refractivity contribution in [1.29, 1.82) is 0 Å². The van der Waals surface area contributed by atoms with E-state index in [4.69, 9.17) is 4.74 Å². The Bertz CT molecular complexity index is 706. The number of aryl methyl sites for hydroxylation is 1. The first-order valence-corrected chi connectivity index (χ1v) is 10.3. The third-order valence-electron chi connectivity index (χ3n) is 5.93. The molecule has 1 aromatic carbocycles. The lowest BCUT2D eigenvalue weighted by Gasteiger charge is -2.48. The summed E-state index contributed by atoms with van der Waals surface area (Å²) in [5, 5.41) is 0. The molecule has 2 aliphatic heterocycles. The first-order chi connectivity index (χ1) is 13.4. The highest BCUT2D eigenvalue weighted by atomic mass is 16.5. The predicted molar refractivity (Wildman–Crippen MR) is 109 cm³/mol.